The topological polar surface area (TPSA) is 266 Å². The minimum atomic E-state index is -1.36. The van der Waals surface area contributed by atoms with E-state index >= 15 is 0 Å². The number of hydrogen-bond acceptors (Lipinski definition) is 16. The number of carbonyl (C=O) groups is 8. The van der Waals surface area contributed by atoms with Crippen molar-refractivity contribution in [2.45, 2.75) is 107 Å². The van der Waals surface area contributed by atoms with E-state index < -0.39 is 47.8 Å². The maximum Gasteiger partial charge on any atom is 4.00 e. The molecule has 0 heterocycles. The maximum absolute atomic E-state index is 11.7. The molecule has 0 aromatic heterocycles. The third kappa shape index (κ3) is 21.1. The van der Waals surface area contributed by atoms with Crippen molar-refractivity contribution in [3.8, 4) is 0 Å². The Bertz CT molecular complexity index is 2030. The first kappa shape index (κ1) is 62.4. The predicted octanol–water partition coefficient (Wildman–Crippen LogP) is 4.88. The summed E-state index contributed by atoms with van der Waals surface area (Å²) in [5.74, 6) is -7.86. The molecule has 0 saturated heterocycles. The molecule has 0 saturated carbocycles. The Labute approximate surface area is 420 Å². The Morgan fingerprint density at radius 3 is 0.667 bits per heavy atom. The van der Waals surface area contributed by atoms with Crippen LogP contribution in [0.15, 0.2) is 72.8 Å². The van der Waals surface area contributed by atoms with Crippen molar-refractivity contribution >= 4 is 71.7 Å². The number of aryl methyl sites for hydroxylation is 4. The second-order valence-electron chi connectivity index (χ2n) is 15.1. The van der Waals surface area contributed by atoms with E-state index in [1.54, 1.807) is 76.2 Å². The fourth-order valence-corrected chi connectivity index (χ4v) is 5.98. The minimum Gasteiger partial charge on any atom is -0.545 e. The van der Waals surface area contributed by atoms with Gasteiger partial charge in [0.05, 0.1) is 72.6 Å². The second kappa shape index (κ2) is 33.8. The first-order valence-corrected chi connectivity index (χ1v) is 22.2. The second-order valence-corrected chi connectivity index (χ2v) is 15.1. The van der Waals surface area contributed by atoms with Crippen LogP contribution in [0.1, 0.15) is 184 Å². The molecule has 0 bridgehead atoms. The SMILES string of the molecule is CCCCOC(=O)c1cccc(C)c1C(=O)[O-].CCCCOC(=O)c1cccc(C)c1C(=O)[O-].CCCCOC(=O)c1cccc(C)c1C(=O)[O-].CCCCOC(=O)c1cccc(C)c1C(=O)[O-].[Sn+4]. The van der Waals surface area contributed by atoms with E-state index in [2.05, 4.69) is 0 Å². The molecule has 0 spiro atoms. The van der Waals surface area contributed by atoms with Gasteiger partial charge >= 0.3 is 47.8 Å². The Kier molecular flexibility index (Phi) is 30.6. The molecule has 16 nitrogen and oxygen atoms in total. The average molecular weight is 1060 g/mol. The molecule has 0 atom stereocenters. The molecule has 368 valence electrons. The van der Waals surface area contributed by atoms with E-state index in [9.17, 15) is 58.8 Å². The molecular formula is C52H60O16Sn. The van der Waals surface area contributed by atoms with Gasteiger partial charge in [0.15, 0.2) is 0 Å². The summed E-state index contributed by atoms with van der Waals surface area (Å²) >= 11 is 0. The summed E-state index contributed by atoms with van der Waals surface area (Å²) < 4.78 is 19.9. The molecule has 69 heavy (non-hydrogen) atoms. The van der Waals surface area contributed by atoms with Crippen LogP contribution in [-0.2, 0) is 18.9 Å². The summed E-state index contributed by atoms with van der Waals surface area (Å²) in [5.41, 5.74) is 1.85. The maximum atomic E-state index is 11.7. The van der Waals surface area contributed by atoms with Crippen LogP contribution in [0.5, 0.6) is 0 Å². The van der Waals surface area contributed by atoms with Gasteiger partial charge in [-0.1, -0.05) is 102 Å². The normalized spacial score (nSPS) is 9.86. The summed E-state index contributed by atoms with van der Waals surface area (Å²) in [6.07, 6.45) is 6.69. The number of esters is 4. The summed E-state index contributed by atoms with van der Waals surface area (Å²) in [7, 11) is 0. The fraction of sp³-hybridized carbons (Fsp3) is 0.385. The molecule has 0 aliphatic carbocycles. The molecule has 0 fully saturated rings. The smallest absolute Gasteiger partial charge is 0.545 e. The van der Waals surface area contributed by atoms with Crippen molar-refractivity contribution < 1.29 is 77.7 Å². The van der Waals surface area contributed by atoms with Crippen LogP contribution < -0.4 is 20.4 Å². The molecular weight excluding hydrogens is 999 g/mol. The van der Waals surface area contributed by atoms with Crippen molar-refractivity contribution in [2.24, 2.45) is 0 Å². The van der Waals surface area contributed by atoms with Gasteiger partial charge in [-0.3, -0.25) is 0 Å². The molecule has 0 aliphatic heterocycles. The van der Waals surface area contributed by atoms with Gasteiger partial charge in [-0.05, 0) is 99.9 Å². The van der Waals surface area contributed by atoms with Crippen molar-refractivity contribution in [2.75, 3.05) is 26.4 Å². The van der Waals surface area contributed by atoms with Gasteiger partial charge in [0.1, 0.15) is 0 Å². The summed E-state index contributed by atoms with van der Waals surface area (Å²) in [6, 6.07) is 18.7. The molecule has 4 rings (SSSR count). The number of hydrogen-bond donors (Lipinski definition) is 0. The Hall–Kier alpha value is -6.56. The Morgan fingerprint density at radius 2 is 0.522 bits per heavy atom. The van der Waals surface area contributed by atoms with Crippen LogP contribution >= 0.6 is 0 Å². The van der Waals surface area contributed by atoms with Crippen molar-refractivity contribution in [1.82, 2.24) is 0 Å². The molecule has 17 heteroatoms. The van der Waals surface area contributed by atoms with Gasteiger partial charge in [-0.25, -0.2) is 19.2 Å². The van der Waals surface area contributed by atoms with E-state index in [1.165, 1.54) is 24.3 Å². The van der Waals surface area contributed by atoms with Gasteiger partial charge in [-0.2, -0.15) is 0 Å². The average Bonchev–Trinajstić information content (AvgIpc) is 3.29. The third-order valence-corrected chi connectivity index (χ3v) is 9.71. The molecule has 0 N–H and O–H groups in total. The molecule has 4 aromatic rings. The van der Waals surface area contributed by atoms with Crippen LogP contribution in [0.2, 0.25) is 0 Å². The first-order chi connectivity index (χ1) is 32.3. The quantitative estimate of drug-likeness (QED) is 0.0494. The fourth-order valence-electron chi connectivity index (χ4n) is 5.98. The van der Waals surface area contributed by atoms with Crippen LogP contribution in [-0.4, -0.2) is 98.1 Å². The van der Waals surface area contributed by atoms with E-state index in [1.807, 2.05) is 27.7 Å². The number of benzene rings is 4. The zero-order chi connectivity index (χ0) is 51.3. The van der Waals surface area contributed by atoms with Gasteiger partial charge in [0.25, 0.3) is 0 Å². The molecule has 0 radical (unpaired) electrons. The van der Waals surface area contributed by atoms with Gasteiger partial charge in [0, 0.05) is 22.3 Å². The monoisotopic (exact) mass is 1060 g/mol. The number of carbonyl (C=O) groups excluding carboxylic acids is 8. The molecule has 0 aliphatic rings. The van der Waals surface area contributed by atoms with Crippen molar-refractivity contribution in [3.63, 3.8) is 0 Å². The van der Waals surface area contributed by atoms with E-state index in [0.717, 1.165) is 51.4 Å². The predicted molar refractivity (Wildman–Crippen MR) is 249 cm³/mol. The number of unbranched alkanes of at least 4 members (excludes halogenated alkanes) is 4. The first-order valence-electron chi connectivity index (χ1n) is 22.2. The van der Waals surface area contributed by atoms with Crippen LogP contribution in [0, 0.1) is 27.7 Å². The minimum absolute atomic E-state index is 0. The Morgan fingerprint density at radius 1 is 0.348 bits per heavy atom. The molecule has 0 amide bonds. The number of aromatic carboxylic acids is 4. The van der Waals surface area contributed by atoms with Gasteiger partial charge in [-0.15, -0.1) is 0 Å². The summed E-state index contributed by atoms with van der Waals surface area (Å²) in [5, 5.41) is 43.8. The third-order valence-electron chi connectivity index (χ3n) is 9.71. The number of carboxylic acids is 4. The van der Waals surface area contributed by atoms with Crippen molar-refractivity contribution in [3.05, 3.63) is 140 Å². The summed E-state index contributed by atoms with van der Waals surface area (Å²) in [4.78, 5) is 90.6. The standard InChI is InChI=1S/4C13H16O4.Sn/c4*1-3-4-8-17-13(16)10-7-5-6-9(2)11(10)12(14)15;/h4*5-7H,3-4,8H2,1-2H3,(H,14,15);/q;;;;+4/p-4. The number of carboxylic acid groups (broad SMARTS) is 4. The number of rotatable bonds is 20. The Balaban J connectivity index is 0.000000889. The van der Waals surface area contributed by atoms with E-state index in [0.29, 0.717) is 48.7 Å². The van der Waals surface area contributed by atoms with Crippen molar-refractivity contribution in [1.29, 1.82) is 0 Å². The van der Waals surface area contributed by atoms with Gasteiger partial charge < -0.3 is 58.6 Å². The zero-order valence-electron chi connectivity index (χ0n) is 40.4. The zero-order valence-corrected chi connectivity index (χ0v) is 43.3. The van der Waals surface area contributed by atoms with Crippen LogP contribution in [0.3, 0.4) is 0 Å². The largest absolute Gasteiger partial charge is 4.00 e. The summed E-state index contributed by atoms with van der Waals surface area (Å²) in [6.45, 7) is 15.6. The van der Waals surface area contributed by atoms with E-state index in [-0.39, 0.29) is 68.4 Å². The molecule has 4 aromatic carbocycles. The number of ether oxygens (including phenoxy) is 4. The van der Waals surface area contributed by atoms with Crippen LogP contribution in [0.4, 0.5) is 0 Å². The van der Waals surface area contributed by atoms with Crippen LogP contribution in [0.25, 0.3) is 0 Å². The van der Waals surface area contributed by atoms with E-state index in [4.69, 9.17) is 18.9 Å². The molecule has 0 unspecified atom stereocenters. The van der Waals surface area contributed by atoms with Gasteiger partial charge in [0.2, 0.25) is 0 Å².